The Balaban J connectivity index is 1.55. The average Bonchev–Trinajstić information content (AvgIpc) is 2.78. The van der Waals surface area contributed by atoms with E-state index in [1.54, 1.807) is 0 Å². The smallest absolute Gasteiger partial charge is 0.303 e. The molecule has 2 saturated heterocycles. The summed E-state index contributed by atoms with van der Waals surface area (Å²) in [6.45, 7) is 0.604. The Morgan fingerprint density at radius 1 is 1.07 bits per heavy atom. The largest absolute Gasteiger partial charge is 0.481 e. The van der Waals surface area contributed by atoms with Crippen molar-refractivity contribution in [1.29, 1.82) is 0 Å². The Labute approximate surface area is 175 Å². The van der Waals surface area contributed by atoms with Crippen LogP contribution in [0.4, 0.5) is 0 Å². The molecule has 30 heavy (non-hydrogen) atoms. The van der Waals surface area contributed by atoms with Crippen LogP contribution in [-0.2, 0) is 35.1 Å². The monoisotopic (exact) mass is 414 g/mol. The minimum atomic E-state index is -0.921. The van der Waals surface area contributed by atoms with E-state index in [4.69, 9.17) is 23.7 Å². The van der Waals surface area contributed by atoms with Gasteiger partial charge in [0.15, 0.2) is 12.6 Å². The highest BCUT2D eigenvalue weighted by atomic mass is 16.7. The molecule has 2 fully saturated rings. The van der Waals surface area contributed by atoms with Crippen molar-refractivity contribution in [3.05, 3.63) is 71.8 Å². The fourth-order valence-electron chi connectivity index (χ4n) is 4.06. The van der Waals surface area contributed by atoms with Crippen molar-refractivity contribution >= 4 is 5.97 Å². The van der Waals surface area contributed by atoms with E-state index in [1.165, 1.54) is 7.11 Å². The lowest BCUT2D eigenvalue weighted by Crippen LogP contribution is -2.60. The minimum Gasteiger partial charge on any atom is -0.481 e. The first-order chi connectivity index (χ1) is 14.7. The van der Waals surface area contributed by atoms with E-state index in [0.717, 1.165) is 11.1 Å². The van der Waals surface area contributed by atoms with Crippen LogP contribution < -0.4 is 0 Å². The number of aliphatic carboxylic acids is 1. The SMILES string of the molecule is CO[C@H]1O[C@@H]2CO[C@@H](c3ccccc3)O[C@H]2[C@H](CC(=O)O)[C@H]1OCc1ccccc1. The summed E-state index contributed by atoms with van der Waals surface area (Å²) >= 11 is 0. The molecule has 6 atom stereocenters. The lowest BCUT2D eigenvalue weighted by atomic mass is 9.85. The first kappa shape index (κ1) is 21.0. The Kier molecular flexibility index (Phi) is 6.76. The number of benzene rings is 2. The van der Waals surface area contributed by atoms with Gasteiger partial charge in [-0.25, -0.2) is 0 Å². The molecule has 0 bridgehead atoms. The molecule has 0 aliphatic carbocycles. The standard InChI is InChI=1S/C23H26O7/c1-26-23-21(27-13-15-8-4-2-5-9-15)17(12-19(24)25)20-18(29-23)14-28-22(30-20)16-10-6-3-7-11-16/h2-11,17-18,20-23H,12-14H2,1H3,(H,24,25)/t17-,18+,20-,21+,22+,23-/m0/s1. The Morgan fingerprint density at radius 3 is 2.43 bits per heavy atom. The summed E-state index contributed by atoms with van der Waals surface area (Å²) < 4.78 is 29.8. The predicted octanol–water partition coefficient (Wildman–Crippen LogP) is 3.15. The molecule has 2 heterocycles. The molecule has 0 aromatic heterocycles. The van der Waals surface area contributed by atoms with Crippen molar-refractivity contribution in [2.75, 3.05) is 13.7 Å². The number of hydrogen-bond donors (Lipinski definition) is 1. The zero-order valence-corrected chi connectivity index (χ0v) is 16.8. The van der Waals surface area contributed by atoms with Gasteiger partial charge in [-0.15, -0.1) is 0 Å². The number of carboxylic acids is 1. The van der Waals surface area contributed by atoms with Gasteiger partial charge in [0.25, 0.3) is 0 Å². The van der Waals surface area contributed by atoms with E-state index < -0.39 is 42.8 Å². The maximum Gasteiger partial charge on any atom is 0.303 e. The molecule has 4 rings (SSSR count). The van der Waals surface area contributed by atoms with Crippen LogP contribution >= 0.6 is 0 Å². The molecule has 7 nitrogen and oxygen atoms in total. The minimum absolute atomic E-state index is 0.120. The van der Waals surface area contributed by atoms with E-state index >= 15 is 0 Å². The highest BCUT2D eigenvalue weighted by molar-refractivity contribution is 5.67. The molecule has 7 heteroatoms. The number of ether oxygens (including phenoxy) is 5. The fourth-order valence-corrected chi connectivity index (χ4v) is 4.06. The summed E-state index contributed by atoms with van der Waals surface area (Å²) in [7, 11) is 1.53. The number of carbonyl (C=O) groups is 1. The van der Waals surface area contributed by atoms with Crippen LogP contribution in [0, 0.1) is 5.92 Å². The molecule has 0 spiro atoms. The molecule has 2 aliphatic heterocycles. The van der Waals surface area contributed by atoms with Crippen molar-refractivity contribution in [2.24, 2.45) is 5.92 Å². The van der Waals surface area contributed by atoms with E-state index in [0.29, 0.717) is 6.61 Å². The van der Waals surface area contributed by atoms with E-state index in [1.807, 2.05) is 60.7 Å². The van der Waals surface area contributed by atoms with Crippen LogP contribution in [0.1, 0.15) is 23.8 Å². The topological polar surface area (TPSA) is 83.5 Å². The van der Waals surface area contributed by atoms with Crippen LogP contribution in [0.25, 0.3) is 0 Å². The summed E-state index contributed by atoms with van der Waals surface area (Å²) in [5, 5.41) is 9.58. The van der Waals surface area contributed by atoms with Crippen LogP contribution in [0.2, 0.25) is 0 Å². The van der Waals surface area contributed by atoms with Crippen molar-refractivity contribution in [2.45, 2.75) is 43.9 Å². The second-order valence-electron chi connectivity index (χ2n) is 7.48. The first-order valence-electron chi connectivity index (χ1n) is 10.0. The molecule has 0 radical (unpaired) electrons. The fraction of sp³-hybridized carbons (Fsp3) is 0.435. The van der Waals surface area contributed by atoms with Crippen molar-refractivity contribution in [1.82, 2.24) is 0 Å². The summed E-state index contributed by atoms with van der Waals surface area (Å²) in [4.78, 5) is 11.7. The van der Waals surface area contributed by atoms with Gasteiger partial charge in [-0.05, 0) is 5.56 Å². The molecular formula is C23H26O7. The van der Waals surface area contributed by atoms with Gasteiger partial charge in [0.1, 0.15) is 12.2 Å². The Morgan fingerprint density at radius 2 is 1.77 bits per heavy atom. The van der Waals surface area contributed by atoms with E-state index in [2.05, 4.69) is 0 Å². The second kappa shape index (κ2) is 9.68. The summed E-state index contributed by atoms with van der Waals surface area (Å²) in [5.41, 5.74) is 1.86. The van der Waals surface area contributed by atoms with Gasteiger partial charge in [0, 0.05) is 18.6 Å². The zero-order chi connectivity index (χ0) is 20.9. The van der Waals surface area contributed by atoms with Gasteiger partial charge < -0.3 is 28.8 Å². The van der Waals surface area contributed by atoms with Crippen LogP contribution in [0.5, 0.6) is 0 Å². The number of carboxylic acid groups (broad SMARTS) is 1. The molecule has 0 amide bonds. The number of methoxy groups -OCH3 is 1. The molecule has 2 aromatic carbocycles. The number of fused-ring (bicyclic) bond motifs is 1. The third kappa shape index (κ3) is 4.71. The molecule has 2 aromatic rings. The van der Waals surface area contributed by atoms with Gasteiger partial charge in [-0.2, -0.15) is 0 Å². The third-order valence-electron chi connectivity index (χ3n) is 5.48. The number of rotatable bonds is 7. The maximum absolute atomic E-state index is 11.7. The average molecular weight is 414 g/mol. The number of hydrogen-bond acceptors (Lipinski definition) is 6. The van der Waals surface area contributed by atoms with Gasteiger partial charge in [-0.3, -0.25) is 4.79 Å². The van der Waals surface area contributed by atoms with Crippen LogP contribution in [0.3, 0.4) is 0 Å². The van der Waals surface area contributed by atoms with Gasteiger partial charge in [0.05, 0.1) is 25.7 Å². The summed E-state index contributed by atoms with van der Waals surface area (Å²) in [6.07, 6.45) is -2.93. The van der Waals surface area contributed by atoms with Gasteiger partial charge >= 0.3 is 5.97 Å². The van der Waals surface area contributed by atoms with Crippen LogP contribution in [-0.4, -0.2) is 49.4 Å². The van der Waals surface area contributed by atoms with Crippen LogP contribution in [0.15, 0.2) is 60.7 Å². The van der Waals surface area contributed by atoms with Gasteiger partial charge in [-0.1, -0.05) is 60.7 Å². The highest BCUT2D eigenvalue weighted by Crippen LogP contribution is 2.39. The molecular weight excluding hydrogens is 388 g/mol. The normalized spacial score (nSPS) is 31.1. The van der Waals surface area contributed by atoms with Crippen molar-refractivity contribution in [3.63, 3.8) is 0 Å². The second-order valence-corrected chi connectivity index (χ2v) is 7.48. The zero-order valence-electron chi connectivity index (χ0n) is 16.8. The lowest BCUT2D eigenvalue weighted by Gasteiger charge is -2.48. The quantitative estimate of drug-likeness (QED) is 0.745. The highest BCUT2D eigenvalue weighted by Gasteiger charge is 2.51. The molecule has 160 valence electrons. The predicted molar refractivity (Wildman–Crippen MR) is 106 cm³/mol. The summed E-state index contributed by atoms with van der Waals surface area (Å²) in [5.74, 6) is -1.37. The van der Waals surface area contributed by atoms with Crippen molar-refractivity contribution < 1.29 is 33.6 Å². The summed E-state index contributed by atoms with van der Waals surface area (Å²) in [6, 6.07) is 19.3. The molecule has 1 N–H and O–H groups in total. The molecule has 2 aliphatic rings. The third-order valence-corrected chi connectivity index (χ3v) is 5.48. The lowest BCUT2D eigenvalue weighted by molar-refractivity contribution is -0.356. The van der Waals surface area contributed by atoms with Gasteiger partial charge in [0.2, 0.25) is 0 Å². The Hall–Kier alpha value is -2.29. The first-order valence-corrected chi connectivity index (χ1v) is 10.0. The maximum atomic E-state index is 11.7. The van der Waals surface area contributed by atoms with E-state index in [9.17, 15) is 9.90 Å². The molecule has 0 saturated carbocycles. The van der Waals surface area contributed by atoms with E-state index in [-0.39, 0.29) is 13.0 Å². The van der Waals surface area contributed by atoms with Crippen molar-refractivity contribution in [3.8, 4) is 0 Å². The Bertz CT molecular complexity index is 807. The molecule has 0 unspecified atom stereocenters.